The SMILES string of the molecule is CCCN(C=O)c1cccc(OC(C)C)c1. The molecule has 0 saturated carbocycles. The highest BCUT2D eigenvalue weighted by Gasteiger charge is 2.05. The van der Waals surface area contributed by atoms with Gasteiger partial charge in [-0.05, 0) is 32.4 Å². The molecule has 0 atom stereocenters. The molecule has 1 aromatic rings. The number of hydrogen-bond donors (Lipinski definition) is 0. The van der Waals surface area contributed by atoms with E-state index in [0.717, 1.165) is 30.8 Å². The second-order valence-corrected chi connectivity index (χ2v) is 3.96. The molecule has 3 nitrogen and oxygen atoms in total. The zero-order chi connectivity index (χ0) is 12.0. The van der Waals surface area contributed by atoms with Crippen molar-refractivity contribution in [3.05, 3.63) is 24.3 Å². The quantitative estimate of drug-likeness (QED) is 0.691. The van der Waals surface area contributed by atoms with Crippen molar-refractivity contribution in [3.8, 4) is 5.75 Å². The van der Waals surface area contributed by atoms with Crippen LogP contribution in [0, 0.1) is 0 Å². The Morgan fingerprint density at radius 1 is 1.44 bits per heavy atom. The maximum absolute atomic E-state index is 10.9. The van der Waals surface area contributed by atoms with Crippen LogP contribution in [0.2, 0.25) is 0 Å². The van der Waals surface area contributed by atoms with Gasteiger partial charge in [-0.2, -0.15) is 0 Å². The standard InChI is InChI=1S/C13H19NO2/c1-4-8-14(10-15)12-6-5-7-13(9-12)16-11(2)3/h5-7,9-11H,4,8H2,1-3H3. The summed E-state index contributed by atoms with van der Waals surface area (Å²) in [6.45, 7) is 6.74. The Morgan fingerprint density at radius 3 is 2.75 bits per heavy atom. The molecule has 0 aliphatic carbocycles. The highest BCUT2D eigenvalue weighted by molar-refractivity contribution is 5.75. The third-order valence-electron chi connectivity index (χ3n) is 2.11. The lowest BCUT2D eigenvalue weighted by Crippen LogP contribution is -2.21. The van der Waals surface area contributed by atoms with Crippen LogP contribution >= 0.6 is 0 Å². The third-order valence-corrected chi connectivity index (χ3v) is 2.11. The Kier molecular flexibility index (Phi) is 4.83. The Morgan fingerprint density at radius 2 is 2.19 bits per heavy atom. The van der Waals surface area contributed by atoms with E-state index in [-0.39, 0.29) is 6.10 Å². The van der Waals surface area contributed by atoms with Gasteiger partial charge in [0.25, 0.3) is 0 Å². The van der Waals surface area contributed by atoms with E-state index in [2.05, 4.69) is 0 Å². The molecule has 0 aliphatic heterocycles. The van der Waals surface area contributed by atoms with E-state index in [1.54, 1.807) is 4.90 Å². The highest BCUT2D eigenvalue weighted by Crippen LogP contribution is 2.21. The van der Waals surface area contributed by atoms with E-state index in [9.17, 15) is 4.79 Å². The van der Waals surface area contributed by atoms with E-state index in [1.165, 1.54) is 0 Å². The van der Waals surface area contributed by atoms with E-state index in [1.807, 2.05) is 45.0 Å². The second-order valence-electron chi connectivity index (χ2n) is 3.96. The average molecular weight is 221 g/mol. The molecule has 1 aromatic carbocycles. The van der Waals surface area contributed by atoms with Gasteiger partial charge >= 0.3 is 0 Å². The largest absolute Gasteiger partial charge is 0.491 e. The van der Waals surface area contributed by atoms with E-state index in [0.29, 0.717) is 0 Å². The van der Waals surface area contributed by atoms with Gasteiger partial charge < -0.3 is 9.64 Å². The van der Waals surface area contributed by atoms with Gasteiger partial charge in [0.1, 0.15) is 5.75 Å². The lowest BCUT2D eigenvalue weighted by atomic mass is 10.2. The van der Waals surface area contributed by atoms with Crippen LogP contribution in [0.15, 0.2) is 24.3 Å². The minimum absolute atomic E-state index is 0.145. The van der Waals surface area contributed by atoms with Crippen molar-refractivity contribution in [1.82, 2.24) is 0 Å². The summed E-state index contributed by atoms with van der Waals surface area (Å²) in [6.07, 6.45) is 1.94. The molecule has 0 fully saturated rings. The molecule has 3 heteroatoms. The second kappa shape index (κ2) is 6.16. The molecule has 0 unspecified atom stereocenters. The summed E-state index contributed by atoms with van der Waals surface area (Å²) in [5.74, 6) is 0.801. The number of amides is 1. The van der Waals surface area contributed by atoms with Crippen LogP contribution in [0.1, 0.15) is 27.2 Å². The van der Waals surface area contributed by atoms with Gasteiger partial charge in [0, 0.05) is 18.3 Å². The maximum Gasteiger partial charge on any atom is 0.214 e. The number of benzene rings is 1. The lowest BCUT2D eigenvalue weighted by Gasteiger charge is -2.18. The molecule has 0 saturated heterocycles. The van der Waals surface area contributed by atoms with Crippen molar-refractivity contribution in [2.24, 2.45) is 0 Å². The molecule has 0 heterocycles. The van der Waals surface area contributed by atoms with Gasteiger partial charge in [-0.25, -0.2) is 0 Å². The molecule has 0 bridgehead atoms. The summed E-state index contributed by atoms with van der Waals surface area (Å²) >= 11 is 0. The molecule has 0 spiro atoms. The first-order valence-electron chi connectivity index (χ1n) is 5.66. The first-order chi connectivity index (χ1) is 7.67. The first kappa shape index (κ1) is 12.6. The van der Waals surface area contributed by atoms with E-state index >= 15 is 0 Å². The van der Waals surface area contributed by atoms with Gasteiger partial charge in [-0.1, -0.05) is 13.0 Å². The van der Waals surface area contributed by atoms with Crippen molar-refractivity contribution in [2.45, 2.75) is 33.3 Å². The minimum atomic E-state index is 0.145. The normalized spacial score (nSPS) is 10.2. The summed E-state index contributed by atoms with van der Waals surface area (Å²) < 4.78 is 5.59. The van der Waals surface area contributed by atoms with Gasteiger partial charge in [0.05, 0.1) is 6.10 Å². The Balaban J connectivity index is 2.83. The number of nitrogens with zero attached hydrogens (tertiary/aromatic N) is 1. The van der Waals surface area contributed by atoms with Crippen LogP contribution in [0.5, 0.6) is 5.75 Å². The Bertz CT molecular complexity index is 336. The fourth-order valence-electron chi connectivity index (χ4n) is 1.49. The summed E-state index contributed by atoms with van der Waals surface area (Å²) in [5.41, 5.74) is 0.884. The van der Waals surface area contributed by atoms with Gasteiger partial charge in [0.2, 0.25) is 6.41 Å². The summed E-state index contributed by atoms with van der Waals surface area (Å²) in [5, 5.41) is 0. The fourth-order valence-corrected chi connectivity index (χ4v) is 1.49. The third kappa shape index (κ3) is 3.57. The van der Waals surface area contributed by atoms with Crippen LogP contribution in [0.25, 0.3) is 0 Å². The van der Waals surface area contributed by atoms with Gasteiger partial charge in [-0.15, -0.1) is 0 Å². The van der Waals surface area contributed by atoms with E-state index in [4.69, 9.17) is 4.74 Å². The fraction of sp³-hybridized carbons (Fsp3) is 0.462. The predicted molar refractivity (Wildman–Crippen MR) is 65.9 cm³/mol. The molecule has 0 aliphatic rings. The molecule has 16 heavy (non-hydrogen) atoms. The topological polar surface area (TPSA) is 29.5 Å². The molecule has 88 valence electrons. The molecule has 0 radical (unpaired) electrons. The summed E-state index contributed by atoms with van der Waals surface area (Å²) in [7, 11) is 0. The zero-order valence-corrected chi connectivity index (χ0v) is 10.1. The molecular formula is C13H19NO2. The number of carbonyl (C=O) groups excluding carboxylic acids is 1. The van der Waals surface area contributed by atoms with Crippen molar-refractivity contribution < 1.29 is 9.53 Å². The van der Waals surface area contributed by atoms with Gasteiger partial charge in [-0.3, -0.25) is 4.79 Å². The highest BCUT2D eigenvalue weighted by atomic mass is 16.5. The number of ether oxygens (including phenoxy) is 1. The predicted octanol–water partition coefficient (Wildman–Crippen LogP) is 2.85. The monoisotopic (exact) mass is 221 g/mol. The Hall–Kier alpha value is -1.51. The van der Waals surface area contributed by atoms with E-state index < -0.39 is 0 Å². The number of hydrogen-bond acceptors (Lipinski definition) is 2. The van der Waals surface area contributed by atoms with Crippen LogP contribution in [0.3, 0.4) is 0 Å². The maximum atomic E-state index is 10.9. The van der Waals surface area contributed by atoms with Crippen LogP contribution in [-0.4, -0.2) is 19.1 Å². The van der Waals surface area contributed by atoms with Crippen molar-refractivity contribution in [2.75, 3.05) is 11.4 Å². The van der Waals surface area contributed by atoms with Crippen LogP contribution < -0.4 is 9.64 Å². The number of rotatable bonds is 6. The molecular weight excluding hydrogens is 202 g/mol. The van der Waals surface area contributed by atoms with Crippen molar-refractivity contribution in [3.63, 3.8) is 0 Å². The lowest BCUT2D eigenvalue weighted by molar-refractivity contribution is -0.107. The molecule has 1 rings (SSSR count). The first-order valence-corrected chi connectivity index (χ1v) is 5.66. The van der Waals surface area contributed by atoms with Crippen molar-refractivity contribution >= 4 is 12.1 Å². The van der Waals surface area contributed by atoms with Crippen LogP contribution in [-0.2, 0) is 4.79 Å². The Labute approximate surface area is 97.0 Å². The molecule has 0 N–H and O–H groups in total. The number of anilines is 1. The zero-order valence-electron chi connectivity index (χ0n) is 10.1. The molecule has 0 aromatic heterocycles. The minimum Gasteiger partial charge on any atom is -0.491 e. The summed E-state index contributed by atoms with van der Waals surface area (Å²) in [6, 6.07) is 7.61. The number of carbonyl (C=O) groups is 1. The summed E-state index contributed by atoms with van der Waals surface area (Å²) in [4.78, 5) is 12.6. The average Bonchev–Trinajstić information content (AvgIpc) is 2.25. The van der Waals surface area contributed by atoms with Crippen LogP contribution in [0.4, 0.5) is 5.69 Å². The molecule has 1 amide bonds. The smallest absolute Gasteiger partial charge is 0.214 e. The van der Waals surface area contributed by atoms with Crippen molar-refractivity contribution in [1.29, 1.82) is 0 Å². The van der Waals surface area contributed by atoms with Gasteiger partial charge in [0.15, 0.2) is 0 Å².